The molecule has 0 bridgehead atoms. The molecule has 0 unspecified atom stereocenters. The molecule has 2 aromatic heterocycles. The maximum atomic E-state index is 13.2. The van der Waals surface area contributed by atoms with Crippen molar-refractivity contribution < 1.29 is 18.7 Å². The van der Waals surface area contributed by atoms with Gasteiger partial charge in [0, 0.05) is 10.9 Å². The van der Waals surface area contributed by atoms with Crippen LogP contribution in [-0.4, -0.2) is 29.0 Å². The number of carbonyl (C=O) groups is 2. The number of nitrogens with zero attached hydrogens (tertiary/aromatic N) is 1. The minimum Gasteiger partial charge on any atom is -0.465 e. The highest BCUT2D eigenvalue weighted by atomic mass is 16.5. The monoisotopic (exact) mass is 418 g/mol. The third-order valence-corrected chi connectivity index (χ3v) is 5.08. The molecule has 0 atom stereocenters. The quantitative estimate of drug-likeness (QED) is 0.617. The van der Waals surface area contributed by atoms with E-state index in [9.17, 15) is 9.59 Å². The molecule has 0 saturated heterocycles. The largest absolute Gasteiger partial charge is 0.465 e. The second kappa shape index (κ2) is 8.38. The first-order chi connectivity index (χ1) is 14.8. The molecular formula is C25H26N2O4. The summed E-state index contributed by atoms with van der Waals surface area (Å²) in [4.78, 5) is 30.2. The normalized spacial score (nSPS) is 15.0. The highest BCUT2D eigenvalue weighted by molar-refractivity contribution is 6.07. The Balaban J connectivity index is 1.73. The van der Waals surface area contributed by atoms with Gasteiger partial charge < -0.3 is 14.5 Å². The van der Waals surface area contributed by atoms with E-state index >= 15 is 0 Å². The van der Waals surface area contributed by atoms with Crippen LogP contribution in [0, 0.1) is 0 Å². The molecule has 1 aliphatic carbocycles. The lowest BCUT2D eigenvalue weighted by Gasteiger charge is -2.23. The van der Waals surface area contributed by atoms with Crippen molar-refractivity contribution in [3.05, 3.63) is 65.2 Å². The van der Waals surface area contributed by atoms with Crippen LogP contribution < -0.4 is 5.32 Å². The number of esters is 1. The first kappa shape index (κ1) is 20.8. The molecule has 1 aromatic carbocycles. The summed E-state index contributed by atoms with van der Waals surface area (Å²) in [6.45, 7) is 5.32. The molecule has 0 saturated carbocycles. The fourth-order valence-electron chi connectivity index (χ4n) is 3.91. The Labute approximate surface area is 181 Å². The van der Waals surface area contributed by atoms with Crippen LogP contribution in [0.1, 0.15) is 61.0 Å². The number of benzene rings is 1. The van der Waals surface area contributed by atoms with Gasteiger partial charge in [-0.1, -0.05) is 18.2 Å². The van der Waals surface area contributed by atoms with Gasteiger partial charge in [0.15, 0.2) is 6.61 Å². The molecule has 0 aliphatic heterocycles. The number of carbonyl (C=O) groups excluding carboxylic acids is 2. The van der Waals surface area contributed by atoms with Crippen molar-refractivity contribution in [2.75, 3.05) is 6.61 Å². The average Bonchev–Trinajstić information content (AvgIpc) is 3.22. The third-order valence-electron chi connectivity index (χ3n) is 5.08. The summed E-state index contributed by atoms with van der Waals surface area (Å²) in [6.07, 6.45) is 6.08. The van der Waals surface area contributed by atoms with Gasteiger partial charge in [0.2, 0.25) is 0 Å². The van der Waals surface area contributed by atoms with Crippen molar-refractivity contribution in [3.8, 4) is 0 Å². The molecule has 3 aromatic rings. The molecule has 1 amide bonds. The van der Waals surface area contributed by atoms with Crippen LogP contribution in [0.4, 0.5) is 0 Å². The van der Waals surface area contributed by atoms with Gasteiger partial charge in [0.05, 0.1) is 23.0 Å². The summed E-state index contributed by atoms with van der Waals surface area (Å²) in [5.41, 5.74) is 3.52. The molecule has 31 heavy (non-hydrogen) atoms. The number of hydrogen-bond acceptors (Lipinski definition) is 5. The summed E-state index contributed by atoms with van der Waals surface area (Å²) in [7, 11) is 0. The van der Waals surface area contributed by atoms with Gasteiger partial charge in [0.25, 0.3) is 5.91 Å². The molecule has 6 nitrogen and oxygen atoms in total. The molecule has 6 heteroatoms. The molecule has 0 radical (unpaired) electrons. The molecule has 0 fully saturated rings. The van der Waals surface area contributed by atoms with Crippen molar-refractivity contribution in [2.45, 2.75) is 45.6 Å². The average molecular weight is 418 g/mol. The minimum absolute atomic E-state index is 0.323. The fraction of sp³-hybridized carbons (Fsp3) is 0.320. The van der Waals surface area contributed by atoms with E-state index in [2.05, 4.69) is 5.32 Å². The number of para-hydroxylation sites is 1. The van der Waals surface area contributed by atoms with Crippen molar-refractivity contribution in [1.82, 2.24) is 10.3 Å². The number of nitrogens with one attached hydrogen (secondary N) is 1. The lowest BCUT2D eigenvalue weighted by Crippen LogP contribution is -2.42. The van der Waals surface area contributed by atoms with Gasteiger partial charge in [-0.2, -0.15) is 0 Å². The van der Waals surface area contributed by atoms with E-state index < -0.39 is 11.5 Å². The second-order valence-corrected chi connectivity index (χ2v) is 8.74. The molecule has 1 N–H and O–H groups in total. The predicted molar refractivity (Wildman–Crippen MR) is 119 cm³/mol. The SMILES string of the molecule is CC(C)(C)NC(=O)COC(=O)c1c2c(nc3ccccc13)/C(=C\c1ccco1)CCC2. The summed E-state index contributed by atoms with van der Waals surface area (Å²) in [5, 5.41) is 3.55. The minimum atomic E-state index is -0.502. The number of pyridine rings is 1. The number of furan rings is 1. The zero-order valence-electron chi connectivity index (χ0n) is 18.0. The van der Waals surface area contributed by atoms with Crippen LogP contribution >= 0.6 is 0 Å². The van der Waals surface area contributed by atoms with Gasteiger partial charge in [0.1, 0.15) is 5.76 Å². The lowest BCUT2D eigenvalue weighted by atomic mass is 9.86. The van der Waals surface area contributed by atoms with Crippen molar-refractivity contribution in [2.24, 2.45) is 0 Å². The fourth-order valence-corrected chi connectivity index (χ4v) is 3.91. The van der Waals surface area contributed by atoms with Crippen molar-refractivity contribution in [3.63, 3.8) is 0 Å². The number of allylic oxidation sites excluding steroid dienone is 1. The Kier molecular flexibility index (Phi) is 5.63. The van der Waals surface area contributed by atoms with Crippen molar-refractivity contribution >= 4 is 34.4 Å². The number of fused-ring (bicyclic) bond motifs is 2. The Morgan fingerprint density at radius 3 is 2.71 bits per heavy atom. The van der Waals surface area contributed by atoms with E-state index in [1.54, 1.807) is 6.26 Å². The van der Waals surface area contributed by atoms with Crippen LogP contribution in [0.15, 0.2) is 47.1 Å². The zero-order valence-corrected chi connectivity index (χ0v) is 18.0. The predicted octanol–water partition coefficient (Wildman–Crippen LogP) is 4.78. The highest BCUT2D eigenvalue weighted by Crippen LogP contribution is 2.36. The van der Waals surface area contributed by atoms with Gasteiger partial charge in [-0.3, -0.25) is 4.79 Å². The van der Waals surface area contributed by atoms with E-state index in [4.69, 9.17) is 14.1 Å². The van der Waals surface area contributed by atoms with Crippen LogP contribution in [-0.2, 0) is 16.0 Å². The first-order valence-electron chi connectivity index (χ1n) is 10.5. The Bertz CT molecular complexity index is 1150. The number of amides is 1. The maximum Gasteiger partial charge on any atom is 0.339 e. The summed E-state index contributed by atoms with van der Waals surface area (Å²) < 4.78 is 10.9. The molecule has 0 spiro atoms. The first-order valence-corrected chi connectivity index (χ1v) is 10.5. The van der Waals surface area contributed by atoms with Crippen LogP contribution in [0.5, 0.6) is 0 Å². The summed E-state index contributed by atoms with van der Waals surface area (Å²) in [5.74, 6) is -0.0783. The van der Waals surface area contributed by atoms with Gasteiger partial charge in [-0.05, 0) is 75.4 Å². The van der Waals surface area contributed by atoms with E-state index in [0.29, 0.717) is 5.56 Å². The highest BCUT2D eigenvalue weighted by Gasteiger charge is 2.26. The summed E-state index contributed by atoms with van der Waals surface area (Å²) >= 11 is 0. The third kappa shape index (κ3) is 4.68. The number of rotatable bonds is 4. The Hall–Kier alpha value is -3.41. The molecule has 4 rings (SSSR count). The van der Waals surface area contributed by atoms with Crippen molar-refractivity contribution in [1.29, 1.82) is 0 Å². The van der Waals surface area contributed by atoms with Crippen LogP contribution in [0.2, 0.25) is 0 Å². The Morgan fingerprint density at radius 1 is 1.16 bits per heavy atom. The van der Waals surface area contributed by atoms with Crippen LogP contribution in [0.25, 0.3) is 22.6 Å². The second-order valence-electron chi connectivity index (χ2n) is 8.74. The zero-order chi connectivity index (χ0) is 22.0. The van der Waals surface area contributed by atoms with Gasteiger partial charge >= 0.3 is 5.97 Å². The number of aromatic nitrogens is 1. The molecule has 1 aliphatic rings. The molecular weight excluding hydrogens is 392 g/mol. The standard InChI is InChI=1S/C25H26N2O4/c1-25(2,3)27-21(28)15-31-24(29)22-18-10-4-5-12-20(18)26-23-16(8-6-11-19(22)23)14-17-9-7-13-30-17/h4-5,7,9-10,12-14H,6,8,11,15H2,1-3H3,(H,27,28)/b16-14-. The van der Waals surface area contributed by atoms with E-state index in [1.165, 1.54) is 0 Å². The number of hydrogen-bond donors (Lipinski definition) is 1. The van der Waals surface area contributed by atoms with E-state index in [0.717, 1.165) is 52.8 Å². The van der Waals surface area contributed by atoms with E-state index in [1.807, 2.05) is 63.2 Å². The van der Waals surface area contributed by atoms with E-state index in [-0.39, 0.29) is 12.5 Å². The molecule has 160 valence electrons. The topological polar surface area (TPSA) is 81.4 Å². The maximum absolute atomic E-state index is 13.2. The van der Waals surface area contributed by atoms with Gasteiger partial charge in [-0.15, -0.1) is 0 Å². The Morgan fingerprint density at radius 2 is 1.97 bits per heavy atom. The summed E-state index contributed by atoms with van der Waals surface area (Å²) in [6, 6.07) is 11.3. The van der Waals surface area contributed by atoms with Crippen LogP contribution in [0.3, 0.4) is 0 Å². The molecule has 2 heterocycles. The smallest absolute Gasteiger partial charge is 0.339 e. The number of ether oxygens (including phenoxy) is 1. The van der Waals surface area contributed by atoms with Gasteiger partial charge in [-0.25, -0.2) is 9.78 Å². The lowest BCUT2D eigenvalue weighted by molar-refractivity contribution is -0.125.